The number of ether oxygens (including phenoxy) is 3. The van der Waals surface area contributed by atoms with E-state index < -0.39 is 5.79 Å². The molecule has 19 heavy (non-hydrogen) atoms. The van der Waals surface area contributed by atoms with Gasteiger partial charge in [0, 0.05) is 6.42 Å². The summed E-state index contributed by atoms with van der Waals surface area (Å²) in [5, 5.41) is 11.3. The Kier molecular flexibility index (Phi) is 9.62. The van der Waals surface area contributed by atoms with Crippen LogP contribution in [0, 0.1) is 5.92 Å². The maximum Gasteiger partial charge on any atom is 0.196 e. The Bertz CT molecular complexity index is 211. The molecule has 4 heteroatoms. The molecule has 0 amide bonds. The van der Waals surface area contributed by atoms with Crippen LogP contribution in [0.4, 0.5) is 0 Å². The van der Waals surface area contributed by atoms with Gasteiger partial charge in [-0.25, -0.2) is 0 Å². The Morgan fingerprint density at radius 2 is 1.79 bits per heavy atom. The minimum Gasteiger partial charge on any atom is -0.352 e. The third kappa shape index (κ3) is 12.6. The first-order valence-corrected chi connectivity index (χ1v) is 7.36. The first kappa shape index (κ1) is 18.8. The summed E-state index contributed by atoms with van der Waals surface area (Å²) >= 11 is 0. The predicted octanol–water partition coefficient (Wildman–Crippen LogP) is 3.76. The standard InChI is InChI=1S/C15H31O4/c1-7-13(4)19-14(17-11-12(2)3)9-8-10-18-15(5,6)16/h12-14H,7-11H2,1-6H3. The molecule has 1 radical (unpaired) electrons. The van der Waals surface area contributed by atoms with Crippen molar-refractivity contribution in [2.24, 2.45) is 5.92 Å². The van der Waals surface area contributed by atoms with Crippen molar-refractivity contribution in [3.8, 4) is 0 Å². The van der Waals surface area contributed by atoms with Crippen LogP contribution < -0.4 is 0 Å². The quantitative estimate of drug-likeness (QED) is 0.426. The zero-order valence-corrected chi connectivity index (χ0v) is 13.4. The van der Waals surface area contributed by atoms with Gasteiger partial charge >= 0.3 is 0 Å². The summed E-state index contributed by atoms with van der Waals surface area (Å²) in [6, 6.07) is 0. The molecular formula is C15H31O4. The maximum absolute atomic E-state index is 11.3. The van der Waals surface area contributed by atoms with Crippen molar-refractivity contribution in [1.82, 2.24) is 0 Å². The van der Waals surface area contributed by atoms with Crippen LogP contribution in [0.2, 0.25) is 0 Å². The van der Waals surface area contributed by atoms with Crippen molar-refractivity contribution >= 4 is 0 Å². The fraction of sp³-hybridized carbons (Fsp3) is 1.00. The van der Waals surface area contributed by atoms with Gasteiger partial charge in [-0.3, -0.25) is 0 Å². The van der Waals surface area contributed by atoms with Crippen LogP contribution in [0.15, 0.2) is 0 Å². The van der Waals surface area contributed by atoms with E-state index in [0.29, 0.717) is 19.1 Å². The van der Waals surface area contributed by atoms with Crippen molar-refractivity contribution in [3.05, 3.63) is 0 Å². The van der Waals surface area contributed by atoms with Gasteiger partial charge < -0.3 is 14.2 Å². The molecule has 0 heterocycles. The number of rotatable bonds is 11. The molecule has 115 valence electrons. The summed E-state index contributed by atoms with van der Waals surface area (Å²) in [7, 11) is 0. The smallest absolute Gasteiger partial charge is 0.196 e. The second-order valence-corrected chi connectivity index (χ2v) is 5.90. The lowest BCUT2D eigenvalue weighted by molar-refractivity contribution is -0.220. The van der Waals surface area contributed by atoms with Crippen molar-refractivity contribution in [2.45, 2.75) is 79.0 Å². The van der Waals surface area contributed by atoms with Crippen LogP contribution in [0.1, 0.15) is 60.8 Å². The Morgan fingerprint density at radius 1 is 1.16 bits per heavy atom. The van der Waals surface area contributed by atoms with Gasteiger partial charge in [0.2, 0.25) is 0 Å². The second-order valence-electron chi connectivity index (χ2n) is 5.90. The third-order valence-corrected chi connectivity index (χ3v) is 2.61. The highest BCUT2D eigenvalue weighted by molar-refractivity contribution is 4.54. The predicted molar refractivity (Wildman–Crippen MR) is 75.4 cm³/mol. The van der Waals surface area contributed by atoms with E-state index in [1.54, 1.807) is 0 Å². The van der Waals surface area contributed by atoms with Gasteiger partial charge in [0.25, 0.3) is 0 Å². The summed E-state index contributed by atoms with van der Waals surface area (Å²) in [4.78, 5) is 0. The molecule has 0 aromatic heterocycles. The third-order valence-electron chi connectivity index (χ3n) is 2.61. The molecule has 2 atom stereocenters. The molecule has 0 N–H and O–H groups in total. The summed E-state index contributed by atoms with van der Waals surface area (Å²) < 4.78 is 16.7. The number of hydrogen-bond acceptors (Lipinski definition) is 3. The van der Waals surface area contributed by atoms with Crippen LogP contribution in [0.5, 0.6) is 0 Å². The van der Waals surface area contributed by atoms with Crippen LogP contribution in [0.3, 0.4) is 0 Å². The molecule has 0 fully saturated rings. The molecule has 0 aliphatic heterocycles. The van der Waals surface area contributed by atoms with Gasteiger partial charge in [0.05, 0.1) is 19.3 Å². The van der Waals surface area contributed by atoms with Gasteiger partial charge in [0.15, 0.2) is 12.1 Å². The van der Waals surface area contributed by atoms with E-state index in [1.807, 2.05) is 6.92 Å². The molecule has 4 nitrogen and oxygen atoms in total. The first-order chi connectivity index (χ1) is 8.74. The fourth-order valence-corrected chi connectivity index (χ4v) is 1.41. The van der Waals surface area contributed by atoms with Gasteiger partial charge in [-0.1, -0.05) is 20.8 Å². The number of hydrogen-bond donors (Lipinski definition) is 0. The maximum atomic E-state index is 11.3. The largest absolute Gasteiger partial charge is 0.352 e. The van der Waals surface area contributed by atoms with Gasteiger partial charge in [0.1, 0.15) is 0 Å². The van der Waals surface area contributed by atoms with E-state index in [4.69, 9.17) is 14.2 Å². The lowest BCUT2D eigenvalue weighted by Crippen LogP contribution is -2.26. The van der Waals surface area contributed by atoms with Crippen molar-refractivity contribution < 1.29 is 19.3 Å². The van der Waals surface area contributed by atoms with Crippen molar-refractivity contribution in [3.63, 3.8) is 0 Å². The molecule has 0 aromatic carbocycles. The molecule has 0 saturated carbocycles. The normalized spacial score (nSPS) is 15.8. The van der Waals surface area contributed by atoms with E-state index in [9.17, 15) is 5.11 Å². The van der Waals surface area contributed by atoms with Crippen molar-refractivity contribution in [1.29, 1.82) is 0 Å². The van der Waals surface area contributed by atoms with Crippen LogP contribution in [0.25, 0.3) is 0 Å². The second kappa shape index (κ2) is 9.70. The van der Waals surface area contributed by atoms with E-state index >= 15 is 0 Å². The molecule has 0 aliphatic rings. The van der Waals surface area contributed by atoms with Gasteiger partial charge in [-0.15, -0.1) is 0 Å². The fourth-order valence-electron chi connectivity index (χ4n) is 1.41. The van der Waals surface area contributed by atoms with E-state index in [2.05, 4.69) is 20.8 Å². The van der Waals surface area contributed by atoms with Crippen LogP contribution in [-0.2, 0) is 19.3 Å². The molecule has 0 saturated heterocycles. The van der Waals surface area contributed by atoms with Gasteiger partial charge in [-0.2, -0.15) is 5.11 Å². The highest BCUT2D eigenvalue weighted by Crippen LogP contribution is 2.13. The summed E-state index contributed by atoms with van der Waals surface area (Å²) in [5.41, 5.74) is 0. The molecular weight excluding hydrogens is 244 g/mol. The lowest BCUT2D eigenvalue weighted by atomic mass is 10.2. The summed E-state index contributed by atoms with van der Waals surface area (Å²) in [5.74, 6) is -0.828. The zero-order valence-electron chi connectivity index (χ0n) is 13.4. The molecule has 0 aromatic rings. The summed E-state index contributed by atoms with van der Waals surface area (Å²) in [6.07, 6.45) is 2.48. The molecule has 2 unspecified atom stereocenters. The molecule has 0 spiro atoms. The van der Waals surface area contributed by atoms with Crippen LogP contribution in [-0.4, -0.2) is 31.4 Å². The van der Waals surface area contributed by atoms with Gasteiger partial charge in [-0.05, 0) is 39.5 Å². The van der Waals surface area contributed by atoms with E-state index in [0.717, 1.165) is 19.3 Å². The Balaban J connectivity index is 3.97. The van der Waals surface area contributed by atoms with Crippen LogP contribution >= 0.6 is 0 Å². The topological polar surface area (TPSA) is 47.6 Å². The summed E-state index contributed by atoms with van der Waals surface area (Å²) in [6.45, 7) is 12.5. The molecule has 0 rings (SSSR count). The molecule has 0 bridgehead atoms. The highest BCUT2D eigenvalue weighted by Gasteiger charge is 2.17. The van der Waals surface area contributed by atoms with E-state index in [1.165, 1.54) is 13.8 Å². The minimum atomic E-state index is -1.31. The first-order valence-electron chi connectivity index (χ1n) is 7.36. The Labute approximate surface area is 118 Å². The molecule has 0 aliphatic carbocycles. The lowest BCUT2D eigenvalue weighted by Gasteiger charge is -2.23. The average Bonchev–Trinajstić information content (AvgIpc) is 2.29. The minimum absolute atomic E-state index is 0.189. The monoisotopic (exact) mass is 275 g/mol. The van der Waals surface area contributed by atoms with E-state index in [-0.39, 0.29) is 12.4 Å². The average molecular weight is 275 g/mol. The SMILES string of the molecule is CCC(C)OC(CCCOC(C)(C)[O])OCC(C)C. The Hall–Kier alpha value is -0.160. The van der Waals surface area contributed by atoms with Crippen molar-refractivity contribution in [2.75, 3.05) is 13.2 Å². The highest BCUT2D eigenvalue weighted by atomic mass is 16.7. The Morgan fingerprint density at radius 3 is 2.26 bits per heavy atom. The zero-order chi connectivity index (χ0) is 14.9.